The maximum atomic E-state index is 5.92. The Morgan fingerprint density at radius 2 is 0.508 bits per heavy atom. The number of nitrogens with zero attached hydrogens (tertiary/aromatic N) is 3. The summed E-state index contributed by atoms with van der Waals surface area (Å²) in [6, 6.07) is 45.7. The molecule has 19 heteroatoms. The Morgan fingerprint density at radius 3 is 0.662 bits per heavy atom. The molecule has 0 spiro atoms. The molecule has 0 aromatic heterocycles. The molecule has 0 radical (unpaired) electrons. The van der Waals surface area contributed by atoms with E-state index in [2.05, 4.69) is 30.5 Å². The van der Waals surface area contributed by atoms with Crippen molar-refractivity contribution in [1.82, 2.24) is 0 Å². The van der Waals surface area contributed by atoms with E-state index in [0.29, 0.717) is 68.6 Å². The zero-order chi connectivity index (χ0) is 45.5. The minimum absolute atomic E-state index is 0.574. The van der Waals surface area contributed by atoms with Crippen LogP contribution in [0.3, 0.4) is 0 Å². The average Bonchev–Trinajstić information content (AvgIpc) is 3.93. The van der Waals surface area contributed by atoms with Gasteiger partial charge in [0.2, 0.25) is 0 Å². The molecule has 2 heterocycles. The fourth-order valence-corrected chi connectivity index (χ4v) is 18.2. The standard InChI is InChI=1S/C42H48N9O6P3.C4H8O/c1-52-37-25-13-7-19-31(37)43-58(44-32-20-8-14-26-38(32)53-2)49-59(45-33-21-9-15-27-39(33)54-3,46-34-22-10-16-28-40(34)55-4)51-60(50-58,47-35-23-11-17-29-41(35)56-5)48-36-24-12-18-30-42(36)57-6;1-2-4-5-3-1/h7-30,43-48H,1-6H3;1-4H2. The predicted molar refractivity (Wildman–Crippen MR) is 268 cm³/mol. The number of rotatable bonds is 18. The van der Waals surface area contributed by atoms with Gasteiger partial charge < -0.3 is 63.7 Å². The smallest absolute Gasteiger partial charge is 0.268 e. The molecule has 2 aliphatic heterocycles. The number of ether oxygens (including phenoxy) is 7. The zero-order valence-electron chi connectivity index (χ0n) is 37.2. The summed E-state index contributed by atoms with van der Waals surface area (Å²) in [7, 11) is -1.12. The van der Waals surface area contributed by atoms with Crippen LogP contribution in [0.2, 0.25) is 0 Å². The first-order valence-electron chi connectivity index (χ1n) is 20.8. The lowest BCUT2D eigenvalue weighted by atomic mass is 10.3. The van der Waals surface area contributed by atoms with E-state index in [1.807, 2.05) is 146 Å². The van der Waals surface area contributed by atoms with Crippen molar-refractivity contribution in [2.45, 2.75) is 12.8 Å². The Balaban J connectivity index is 0.00000118. The van der Waals surface area contributed by atoms with Crippen LogP contribution in [0, 0.1) is 0 Å². The van der Waals surface area contributed by atoms with Gasteiger partial charge in [-0.15, -0.1) is 0 Å². The van der Waals surface area contributed by atoms with Crippen LogP contribution in [-0.2, 0) is 4.74 Å². The Bertz CT molecular complexity index is 2250. The van der Waals surface area contributed by atoms with E-state index in [1.165, 1.54) is 12.8 Å². The molecule has 0 atom stereocenters. The lowest BCUT2D eigenvalue weighted by molar-refractivity contribution is 0.198. The van der Waals surface area contributed by atoms with Crippen LogP contribution in [0.15, 0.2) is 159 Å². The number of methoxy groups -OCH3 is 6. The van der Waals surface area contributed by atoms with Gasteiger partial charge in [-0.2, -0.15) is 13.5 Å². The average molecular weight is 940 g/mol. The summed E-state index contributed by atoms with van der Waals surface area (Å²) in [5.41, 5.74) is 3.78. The third-order valence-electron chi connectivity index (χ3n) is 9.90. The van der Waals surface area contributed by atoms with Crippen LogP contribution < -0.4 is 58.9 Å². The molecule has 1 fully saturated rings. The highest BCUT2D eigenvalue weighted by Crippen LogP contribution is 2.77. The number of benzene rings is 6. The molecule has 342 valence electrons. The molecule has 6 N–H and O–H groups in total. The predicted octanol–water partition coefficient (Wildman–Crippen LogP) is 13.4. The minimum atomic E-state index is -3.62. The highest BCUT2D eigenvalue weighted by Gasteiger charge is 2.41. The third kappa shape index (κ3) is 11.5. The van der Waals surface area contributed by atoms with Gasteiger partial charge in [0.25, 0.3) is 22.5 Å². The van der Waals surface area contributed by atoms with Crippen LogP contribution in [0.1, 0.15) is 12.8 Å². The summed E-state index contributed by atoms with van der Waals surface area (Å²) in [4.78, 5) is 0. The van der Waals surface area contributed by atoms with Crippen molar-refractivity contribution in [3.8, 4) is 34.5 Å². The molecule has 65 heavy (non-hydrogen) atoms. The molecular weight excluding hydrogens is 883 g/mol. The van der Waals surface area contributed by atoms with E-state index in [4.69, 9.17) is 46.7 Å². The second-order valence-corrected chi connectivity index (χ2v) is 21.4. The van der Waals surface area contributed by atoms with Gasteiger partial charge in [0.1, 0.15) is 34.5 Å². The van der Waals surface area contributed by atoms with Crippen LogP contribution in [0.5, 0.6) is 34.5 Å². The maximum Gasteiger partial charge on any atom is 0.268 e. The number of para-hydroxylation sites is 12. The second kappa shape index (κ2) is 22.0. The largest absolute Gasteiger partial charge is 0.495 e. The summed E-state index contributed by atoms with van der Waals surface area (Å²) in [5, 5.41) is 22.7. The molecule has 6 aromatic carbocycles. The van der Waals surface area contributed by atoms with Gasteiger partial charge in [0, 0.05) is 13.2 Å². The SMILES string of the molecule is C1CCOC1.COc1ccccc1NP1(Nc2ccccc2OC)=NP(Nc2ccccc2OC)(Nc2ccccc2OC)=NP(Nc2ccccc2OC)(Nc2ccccc2OC)=N1. The summed E-state index contributed by atoms with van der Waals surface area (Å²) in [6.07, 6.45) is 2.56. The monoisotopic (exact) mass is 939 g/mol. The van der Waals surface area contributed by atoms with E-state index in [-0.39, 0.29) is 0 Å². The second-order valence-electron chi connectivity index (χ2n) is 14.3. The molecule has 8 rings (SSSR count). The Labute approximate surface area is 381 Å². The summed E-state index contributed by atoms with van der Waals surface area (Å²) >= 11 is 0. The highest BCUT2D eigenvalue weighted by atomic mass is 31.3. The van der Waals surface area contributed by atoms with Gasteiger partial charge in [-0.1, -0.05) is 72.8 Å². The van der Waals surface area contributed by atoms with Crippen molar-refractivity contribution in [3.63, 3.8) is 0 Å². The van der Waals surface area contributed by atoms with E-state index in [1.54, 1.807) is 42.7 Å². The van der Waals surface area contributed by atoms with Gasteiger partial charge in [-0.3, -0.25) is 0 Å². The molecule has 6 aromatic rings. The zero-order valence-corrected chi connectivity index (χ0v) is 39.9. The summed E-state index contributed by atoms with van der Waals surface area (Å²) in [5.74, 6) is 3.45. The highest BCUT2D eigenvalue weighted by molar-refractivity contribution is 7.90. The fraction of sp³-hybridized carbons (Fsp3) is 0.217. The lowest BCUT2D eigenvalue weighted by Crippen LogP contribution is -2.17. The van der Waals surface area contributed by atoms with Crippen molar-refractivity contribution >= 4 is 56.6 Å². The van der Waals surface area contributed by atoms with Crippen LogP contribution >= 0.6 is 22.5 Å². The lowest BCUT2D eigenvalue weighted by Gasteiger charge is -2.39. The van der Waals surface area contributed by atoms with Crippen molar-refractivity contribution in [3.05, 3.63) is 146 Å². The number of nitrogens with one attached hydrogen (secondary N) is 6. The molecular formula is C46H56N9O7P3. The van der Waals surface area contributed by atoms with Gasteiger partial charge >= 0.3 is 0 Å². The van der Waals surface area contributed by atoms with Crippen LogP contribution in [0.25, 0.3) is 0 Å². The Morgan fingerprint density at radius 1 is 0.323 bits per heavy atom. The molecule has 0 saturated carbocycles. The fourth-order valence-electron chi connectivity index (χ4n) is 6.91. The van der Waals surface area contributed by atoms with Crippen molar-refractivity contribution < 1.29 is 33.2 Å². The van der Waals surface area contributed by atoms with E-state index in [9.17, 15) is 0 Å². The maximum absolute atomic E-state index is 5.92. The van der Waals surface area contributed by atoms with E-state index < -0.39 is 22.5 Å². The van der Waals surface area contributed by atoms with Gasteiger partial charge in [0.15, 0.2) is 0 Å². The normalized spacial score (nSPS) is 15.0. The Hall–Kier alpha value is -6.43. The molecule has 0 aliphatic carbocycles. The van der Waals surface area contributed by atoms with Crippen molar-refractivity contribution in [2.75, 3.05) is 86.4 Å². The van der Waals surface area contributed by atoms with Crippen LogP contribution in [0.4, 0.5) is 34.1 Å². The molecule has 1 saturated heterocycles. The number of hydrogen-bond acceptors (Lipinski definition) is 16. The van der Waals surface area contributed by atoms with E-state index in [0.717, 1.165) is 13.2 Å². The first kappa shape index (κ1) is 46.6. The summed E-state index contributed by atoms with van der Waals surface area (Å²) < 4.78 is 57.9. The third-order valence-corrected chi connectivity index (χ3v) is 19.4. The topological polar surface area (TPSA) is 174 Å². The molecule has 0 unspecified atom stereocenters. The van der Waals surface area contributed by atoms with E-state index >= 15 is 0 Å². The number of anilines is 6. The molecule has 2 aliphatic rings. The number of hydrogen-bond donors (Lipinski definition) is 6. The minimum Gasteiger partial charge on any atom is -0.495 e. The quantitative estimate of drug-likeness (QED) is 0.0450. The first-order chi connectivity index (χ1) is 31.8. The summed E-state index contributed by atoms with van der Waals surface area (Å²) in [6.45, 7) is 2.00. The van der Waals surface area contributed by atoms with Gasteiger partial charge in [-0.05, 0) is 85.6 Å². The van der Waals surface area contributed by atoms with Crippen molar-refractivity contribution in [1.29, 1.82) is 0 Å². The molecule has 0 amide bonds. The molecule has 16 nitrogen and oxygen atoms in total. The molecule has 0 bridgehead atoms. The first-order valence-corrected chi connectivity index (χ1v) is 25.8. The van der Waals surface area contributed by atoms with Crippen molar-refractivity contribution in [2.24, 2.45) is 13.5 Å². The van der Waals surface area contributed by atoms with Gasteiger partial charge in [-0.25, -0.2) is 0 Å². The Kier molecular flexibility index (Phi) is 15.7. The van der Waals surface area contributed by atoms with Crippen LogP contribution in [-0.4, -0.2) is 55.9 Å². The van der Waals surface area contributed by atoms with Gasteiger partial charge in [0.05, 0.1) is 76.8 Å².